The predicted octanol–water partition coefficient (Wildman–Crippen LogP) is 3.75. The Morgan fingerprint density at radius 2 is 2.10 bits per heavy atom. The van der Waals surface area contributed by atoms with E-state index in [1.54, 1.807) is 25.4 Å². The highest BCUT2D eigenvalue weighted by Crippen LogP contribution is 2.35. The fraction of sp³-hybridized carbons (Fsp3) is 0.412. The van der Waals surface area contributed by atoms with Crippen LogP contribution in [0.2, 0.25) is 0 Å². The van der Waals surface area contributed by atoms with E-state index < -0.39 is 0 Å². The Balaban J connectivity index is 2.03. The van der Waals surface area contributed by atoms with Crippen molar-refractivity contribution in [3.63, 3.8) is 0 Å². The SMILES string of the molecule is COCc1cc2nccc(C3CCC(=O)CC3)c2cc1F. The summed E-state index contributed by atoms with van der Waals surface area (Å²) in [7, 11) is 1.55. The summed E-state index contributed by atoms with van der Waals surface area (Å²) in [5, 5.41) is 0.856. The average Bonchev–Trinajstić information content (AvgIpc) is 2.49. The van der Waals surface area contributed by atoms with Crippen LogP contribution in [-0.4, -0.2) is 17.9 Å². The van der Waals surface area contributed by atoms with Gasteiger partial charge in [0.1, 0.15) is 11.6 Å². The smallest absolute Gasteiger partial charge is 0.132 e. The predicted molar refractivity (Wildman–Crippen MR) is 78.6 cm³/mol. The third-order valence-corrected chi connectivity index (χ3v) is 4.23. The van der Waals surface area contributed by atoms with Gasteiger partial charge >= 0.3 is 0 Å². The van der Waals surface area contributed by atoms with Crippen LogP contribution in [0.15, 0.2) is 24.4 Å². The first-order valence-electron chi connectivity index (χ1n) is 7.26. The van der Waals surface area contributed by atoms with Crippen LogP contribution in [0, 0.1) is 5.82 Å². The zero-order valence-corrected chi connectivity index (χ0v) is 12.1. The molecule has 1 aliphatic rings. The molecule has 0 spiro atoms. The Hall–Kier alpha value is -1.81. The van der Waals surface area contributed by atoms with E-state index in [9.17, 15) is 9.18 Å². The maximum Gasteiger partial charge on any atom is 0.132 e. The first kappa shape index (κ1) is 14.1. The number of aromatic nitrogens is 1. The van der Waals surface area contributed by atoms with Crippen molar-refractivity contribution in [2.75, 3.05) is 7.11 Å². The summed E-state index contributed by atoms with van der Waals surface area (Å²) in [4.78, 5) is 15.7. The van der Waals surface area contributed by atoms with Gasteiger partial charge in [0.25, 0.3) is 0 Å². The Kier molecular flexibility index (Phi) is 3.97. The van der Waals surface area contributed by atoms with Crippen molar-refractivity contribution in [3.8, 4) is 0 Å². The molecular formula is C17H18FNO2. The molecule has 1 saturated carbocycles. The number of pyridine rings is 1. The van der Waals surface area contributed by atoms with Crippen LogP contribution in [0.25, 0.3) is 10.9 Å². The number of carbonyl (C=O) groups excluding carboxylic acids is 1. The summed E-state index contributed by atoms with van der Waals surface area (Å²) in [5.41, 5.74) is 2.42. The summed E-state index contributed by atoms with van der Waals surface area (Å²) >= 11 is 0. The lowest BCUT2D eigenvalue weighted by Gasteiger charge is -2.22. The summed E-state index contributed by atoms with van der Waals surface area (Å²) in [6, 6.07) is 5.27. The number of ketones is 1. The molecule has 0 saturated heterocycles. The number of carbonyl (C=O) groups is 1. The molecule has 1 aromatic carbocycles. The van der Waals surface area contributed by atoms with Crippen LogP contribution >= 0.6 is 0 Å². The molecule has 0 atom stereocenters. The monoisotopic (exact) mass is 287 g/mol. The number of rotatable bonds is 3. The highest BCUT2D eigenvalue weighted by Gasteiger charge is 2.22. The highest BCUT2D eigenvalue weighted by atomic mass is 19.1. The number of hydrogen-bond acceptors (Lipinski definition) is 3. The average molecular weight is 287 g/mol. The maximum atomic E-state index is 14.2. The maximum absolute atomic E-state index is 14.2. The Morgan fingerprint density at radius 1 is 1.33 bits per heavy atom. The standard InChI is InChI=1S/C17H18FNO2/c1-21-10-12-8-17-15(9-16(12)18)14(6-7-19-17)11-2-4-13(20)5-3-11/h6-9,11H,2-5,10H2,1H3. The largest absolute Gasteiger partial charge is 0.380 e. The molecular weight excluding hydrogens is 269 g/mol. The van der Waals surface area contributed by atoms with E-state index in [0.717, 1.165) is 29.3 Å². The van der Waals surface area contributed by atoms with Crippen LogP contribution in [0.1, 0.15) is 42.7 Å². The van der Waals surface area contributed by atoms with Gasteiger partial charge in [-0.2, -0.15) is 0 Å². The van der Waals surface area contributed by atoms with Gasteiger partial charge in [0.2, 0.25) is 0 Å². The van der Waals surface area contributed by atoms with Crippen molar-refractivity contribution in [1.82, 2.24) is 4.98 Å². The zero-order valence-electron chi connectivity index (χ0n) is 12.1. The minimum atomic E-state index is -0.259. The highest BCUT2D eigenvalue weighted by molar-refractivity contribution is 5.84. The molecule has 4 heteroatoms. The lowest BCUT2D eigenvalue weighted by atomic mass is 9.82. The van der Waals surface area contributed by atoms with Crippen molar-refractivity contribution in [3.05, 3.63) is 41.3 Å². The van der Waals surface area contributed by atoms with E-state index in [0.29, 0.717) is 30.1 Å². The third-order valence-electron chi connectivity index (χ3n) is 4.23. The minimum Gasteiger partial charge on any atom is -0.380 e. The van der Waals surface area contributed by atoms with Gasteiger partial charge in [0, 0.05) is 37.1 Å². The molecule has 3 rings (SSSR count). The molecule has 0 aliphatic heterocycles. The van der Waals surface area contributed by atoms with Crippen LogP contribution in [-0.2, 0) is 16.1 Å². The quantitative estimate of drug-likeness (QED) is 0.863. The van der Waals surface area contributed by atoms with Crippen LogP contribution in [0.5, 0.6) is 0 Å². The summed E-state index contributed by atoms with van der Waals surface area (Å²) < 4.78 is 19.2. The Morgan fingerprint density at radius 3 is 2.81 bits per heavy atom. The first-order valence-corrected chi connectivity index (χ1v) is 7.26. The molecule has 1 heterocycles. The lowest BCUT2D eigenvalue weighted by molar-refractivity contribution is -0.120. The van der Waals surface area contributed by atoms with Crippen molar-refractivity contribution in [2.24, 2.45) is 0 Å². The molecule has 0 amide bonds. The van der Waals surface area contributed by atoms with E-state index in [2.05, 4.69) is 4.98 Å². The van der Waals surface area contributed by atoms with E-state index in [1.165, 1.54) is 0 Å². The number of hydrogen-bond donors (Lipinski definition) is 0. The number of benzene rings is 1. The third kappa shape index (κ3) is 2.81. The number of Topliss-reactive ketones (excluding diaryl/α,β-unsaturated/α-hetero) is 1. The van der Waals surface area contributed by atoms with E-state index >= 15 is 0 Å². The van der Waals surface area contributed by atoms with Crippen molar-refractivity contribution >= 4 is 16.7 Å². The second-order valence-corrected chi connectivity index (χ2v) is 5.61. The fourth-order valence-electron chi connectivity index (χ4n) is 3.10. The summed E-state index contributed by atoms with van der Waals surface area (Å²) in [5.74, 6) is 0.393. The number of nitrogens with zero attached hydrogens (tertiary/aromatic N) is 1. The van der Waals surface area contributed by atoms with E-state index in [-0.39, 0.29) is 12.4 Å². The molecule has 0 unspecified atom stereocenters. The number of halogens is 1. The summed E-state index contributed by atoms with van der Waals surface area (Å²) in [6.07, 6.45) is 4.71. The number of methoxy groups -OCH3 is 1. The normalized spacial score (nSPS) is 16.6. The van der Waals surface area contributed by atoms with E-state index in [4.69, 9.17) is 4.74 Å². The molecule has 2 aromatic rings. The van der Waals surface area contributed by atoms with Gasteiger partial charge in [-0.25, -0.2) is 4.39 Å². The second kappa shape index (κ2) is 5.90. The van der Waals surface area contributed by atoms with Crippen LogP contribution < -0.4 is 0 Å². The Labute approximate surface area is 123 Å². The van der Waals surface area contributed by atoms with Gasteiger partial charge in [0.15, 0.2) is 0 Å². The van der Waals surface area contributed by atoms with Gasteiger partial charge in [-0.05, 0) is 42.5 Å². The zero-order chi connectivity index (χ0) is 14.8. The van der Waals surface area contributed by atoms with Gasteiger partial charge in [0.05, 0.1) is 12.1 Å². The fourth-order valence-corrected chi connectivity index (χ4v) is 3.10. The molecule has 0 radical (unpaired) electrons. The molecule has 0 bridgehead atoms. The van der Waals surface area contributed by atoms with Crippen LogP contribution in [0.4, 0.5) is 4.39 Å². The van der Waals surface area contributed by atoms with Gasteiger partial charge in [-0.15, -0.1) is 0 Å². The first-order chi connectivity index (χ1) is 10.2. The number of fused-ring (bicyclic) bond motifs is 1. The molecule has 1 aromatic heterocycles. The van der Waals surface area contributed by atoms with Crippen molar-refractivity contribution in [2.45, 2.75) is 38.2 Å². The molecule has 0 N–H and O–H groups in total. The van der Waals surface area contributed by atoms with E-state index in [1.807, 2.05) is 6.07 Å². The lowest BCUT2D eigenvalue weighted by Crippen LogP contribution is -2.13. The molecule has 110 valence electrons. The molecule has 1 fully saturated rings. The summed E-state index contributed by atoms with van der Waals surface area (Å²) in [6.45, 7) is 0.242. The van der Waals surface area contributed by atoms with Crippen molar-refractivity contribution in [1.29, 1.82) is 0 Å². The van der Waals surface area contributed by atoms with Gasteiger partial charge in [-0.3, -0.25) is 9.78 Å². The minimum absolute atomic E-state index is 0.242. The number of ether oxygens (including phenoxy) is 1. The molecule has 3 nitrogen and oxygen atoms in total. The Bertz CT molecular complexity index is 674. The van der Waals surface area contributed by atoms with Crippen LogP contribution in [0.3, 0.4) is 0 Å². The molecule has 1 aliphatic carbocycles. The topological polar surface area (TPSA) is 39.2 Å². The van der Waals surface area contributed by atoms with Crippen molar-refractivity contribution < 1.29 is 13.9 Å². The van der Waals surface area contributed by atoms with Gasteiger partial charge < -0.3 is 4.74 Å². The van der Waals surface area contributed by atoms with Gasteiger partial charge in [-0.1, -0.05) is 0 Å². The second-order valence-electron chi connectivity index (χ2n) is 5.61. The molecule has 21 heavy (non-hydrogen) atoms.